The minimum Gasteiger partial charge on any atom is -0.332 e. The van der Waals surface area contributed by atoms with E-state index >= 15 is 0 Å². The SMILES string of the molecule is C=CCSc1nc(NC(=S)Nc2ccc(Cl)cc2)ns1. The van der Waals surface area contributed by atoms with Crippen molar-refractivity contribution < 1.29 is 0 Å². The number of halogens is 1. The van der Waals surface area contributed by atoms with Crippen LogP contribution in [-0.2, 0) is 0 Å². The van der Waals surface area contributed by atoms with Gasteiger partial charge in [-0.1, -0.05) is 29.4 Å². The van der Waals surface area contributed by atoms with Gasteiger partial charge in [-0.3, -0.25) is 0 Å². The van der Waals surface area contributed by atoms with Gasteiger partial charge in [0.05, 0.1) is 0 Å². The first-order valence-corrected chi connectivity index (χ1v) is 8.13. The molecule has 2 rings (SSSR count). The predicted molar refractivity (Wildman–Crippen MR) is 92.1 cm³/mol. The normalized spacial score (nSPS) is 10.1. The zero-order valence-electron chi connectivity index (χ0n) is 10.3. The molecule has 0 saturated heterocycles. The van der Waals surface area contributed by atoms with Gasteiger partial charge in [0.1, 0.15) is 0 Å². The van der Waals surface area contributed by atoms with Gasteiger partial charge in [-0.25, -0.2) is 0 Å². The zero-order valence-corrected chi connectivity index (χ0v) is 13.5. The van der Waals surface area contributed by atoms with E-state index in [9.17, 15) is 0 Å². The minimum absolute atomic E-state index is 0.436. The van der Waals surface area contributed by atoms with Gasteiger partial charge in [-0.05, 0) is 48.0 Å². The number of hydrogen-bond acceptors (Lipinski definition) is 5. The maximum Gasteiger partial charge on any atom is 0.241 e. The number of rotatable bonds is 5. The lowest BCUT2D eigenvalue weighted by Gasteiger charge is -2.07. The van der Waals surface area contributed by atoms with Crippen molar-refractivity contribution >= 4 is 63.9 Å². The maximum absolute atomic E-state index is 5.82. The Kier molecular flexibility index (Phi) is 5.78. The van der Waals surface area contributed by atoms with Crippen molar-refractivity contribution in [3.05, 3.63) is 41.9 Å². The third-order valence-electron chi connectivity index (χ3n) is 2.06. The van der Waals surface area contributed by atoms with Crippen LogP contribution in [-0.4, -0.2) is 20.2 Å². The highest BCUT2D eigenvalue weighted by Crippen LogP contribution is 2.22. The summed E-state index contributed by atoms with van der Waals surface area (Å²) in [6.07, 6.45) is 1.83. The molecular weight excluding hydrogens is 332 g/mol. The maximum atomic E-state index is 5.82. The summed E-state index contributed by atoms with van der Waals surface area (Å²) in [4.78, 5) is 4.31. The molecule has 0 fully saturated rings. The van der Waals surface area contributed by atoms with Crippen molar-refractivity contribution in [1.29, 1.82) is 0 Å². The Morgan fingerprint density at radius 3 is 2.85 bits per heavy atom. The number of nitrogens with zero attached hydrogens (tertiary/aromatic N) is 2. The van der Waals surface area contributed by atoms with Crippen LogP contribution in [0, 0.1) is 0 Å². The summed E-state index contributed by atoms with van der Waals surface area (Å²) < 4.78 is 5.06. The predicted octanol–water partition coefficient (Wildman–Crippen LogP) is 4.28. The average Bonchev–Trinajstić information content (AvgIpc) is 2.86. The van der Waals surface area contributed by atoms with E-state index in [1.54, 1.807) is 23.9 Å². The summed E-state index contributed by atoms with van der Waals surface area (Å²) in [6.45, 7) is 3.66. The van der Waals surface area contributed by atoms with Crippen LogP contribution in [0.5, 0.6) is 0 Å². The molecule has 0 aliphatic heterocycles. The number of aromatic nitrogens is 2. The molecule has 0 atom stereocenters. The molecule has 0 aliphatic carbocycles. The lowest BCUT2D eigenvalue weighted by Crippen LogP contribution is -2.19. The van der Waals surface area contributed by atoms with Crippen LogP contribution in [0.4, 0.5) is 11.6 Å². The number of thioether (sulfide) groups is 1. The molecule has 0 spiro atoms. The van der Waals surface area contributed by atoms with Crippen LogP contribution in [0.25, 0.3) is 0 Å². The first-order chi connectivity index (χ1) is 9.67. The Bertz CT molecular complexity index is 597. The number of benzene rings is 1. The molecule has 1 aromatic heterocycles. The lowest BCUT2D eigenvalue weighted by molar-refractivity contribution is 1.22. The van der Waals surface area contributed by atoms with Gasteiger partial charge in [-0.15, -0.1) is 6.58 Å². The van der Waals surface area contributed by atoms with Crippen LogP contribution in [0.2, 0.25) is 5.02 Å². The monoisotopic (exact) mass is 342 g/mol. The minimum atomic E-state index is 0.436. The topological polar surface area (TPSA) is 49.8 Å². The van der Waals surface area contributed by atoms with Crippen LogP contribution in [0.1, 0.15) is 0 Å². The van der Waals surface area contributed by atoms with E-state index in [4.69, 9.17) is 23.8 Å². The summed E-state index contributed by atoms with van der Waals surface area (Å²) in [7, 11) is 0. The molecule has 0 radical (unpaired) electrons. The number of hydrogen-bond donors (Lipinski definition) is 2. The third-order valence-corrected chi connectivity index (χ3v) is 4.35. The van der Waals surface area contributed by atoms with Gasteiger partial charge >= 0.3 is 0 Å². The van der Waals surface area contributed by atoms with Gasteiger partial charge in [0.25, 0.3) is 0 Å². The second-order valence-electron chi connectivity index (χ2n) is 3.57. The number of thiocarbonyl (C=S) groups is 1. The van der Waals surface area contributed by atoms with E-state index in [0.29, 0.717) is 16.1 Å². The van der Waals surface area contributed by atoms with E-state index in [1.807, 2.05) is 18.2 Å². The molecular formula is C12H11ClN4S3. The fourth-order valence-electron chi connectivity index (χ4n) is 1.25. The molecule has 4 nitrogen and oxygen atoms in total. The van der Waals surface area contributed by atoms with Crippen molar-refractivity contribution in [1.82, 2.24) is 9.36 Å². The van der Waals surface area contributed by atoms with Crippen molar-refractivity contribution in [2.24, 2.45) is 0 Å². The second kappa shape index (κ2) is 7.58. The molecule has 1 aromatic carbocycles. The van der Waals surface area contributed by atoms with Gasteiger partial charge in [-0.2, -0.15) is 9.36 Å². The molecule has 1 heterocycles. The third kappa shape index (κ3) is 4.75. The second-order valence-corrected chi connectivity index (χ2v) is 6.43. The fraction of sp³-hybridized carbons (Fsp3) is 0.0833. The molecule has 20 heavy (non-hydrogen) atoms. The van der Waals surface area contributed by atoms with Gasteiger partial charge in [0, 0.05) is 16.5 Å². The van der Waals surface area contributed by atoms with Crippen molar-refractivity contribution in [2.75, 3.05) is 16.4 Å². The Labute approximate surface area is 135 Å². The average molecular weight is 343 g/mol. The van der Waals surface area contributed by atoms with Gasteiger partial charge < -0.3 is 10.6 Å². The molecule has 0 unspecified atom stereocenters. The zero-order chi connectivity index (χ0) is 14.4. The van der Waals surface area contributed by atoms with E-state index in [0.717, 1.165) is 15.8 Å². The Morgan fingerprint density at radius 1 is 1.40 bits per heavy atom. The van der Waals surface area contributed by atoms with Crippen molar-refractivity contribution in [3.63, 3.8) is 0 Å². The Morgan fingerprint density at radius 2 is 2.15 bits per heavy atom. The fourth-order valence-corrected chi connectivity index (χ4v) is 2.90. The first kappa shape index (κ1) is 15.2. The summed E-state index contributed by atoms with van der Waals surface area (Å²) >= 11 is 13.9. The summed E-state index contributed by atoms with van der Waals surface area (Å²) in [5.41, 5.74) is 0.850. The van der Waals surface area contributed by atoms with E-state index < -0.39 is 0 Å². The van der Waals surface area contributed by atoms with Crippen LogP contribution in [0.15, 0.2) is 41.3 Å². The molecule has 104 valence electrons. The van der Waals surface area contributed by atoms with Gasteiger partial charge in [0.15, 0.2) is 9.45 Å². The smallest absolute Gasteiger partial charge is 0.241 e. The molecule has 8 heteroatoms. The Balaban J connectivity index is 1.89. The largest absolute Gasteiger partial charge is 0.332 e. The summed E-state index contributed by atoms with van der Waals surface area (Å²) in [5, 5.41) is 7.09. The van der Waals surface area contributed by atoms with E-state index in [1.165, 1.54) is 11.5 Å². The molecule has 0 saturated carbocycles. The van der Waals surface area contributed by atoms with Crippen molar-refractivity contribution in [3.8, 4) is 0 Å². The molecule has 0 aliphatic rings. The lowest BCUT2D eigenvalue weighted by atomic mass is 10.3. The highest BCUT2D eigenvalue weighted by molar-refractivity contribution is 8.01. The van der Waals surface area contributed by atoms with Crippen LogP contribution < -0.4 is 10.6 Å². The van der Waals surface area contributed by atoms with Crippen LogP contribution in [0.3, 0.4) is 0 Å². The Hall–Kier alpha value is -1.15. The first-order valence-electron chi connectivity index (χ1n) is 5.58. The van der Waals surface area contributed by atoms with Crippen LogP contribution >= 0.6 is 47.1 Å². The highest BCUT2D eigenvalue weighted by atomic mass is 35.5. The number of anilines is 2. The number of nitrogens with one attached hydrogen (secondary N) is 2. The molecule has 0 bridgehead atoms. The quantitative estimate of drug-likeness (QED) is 0.480. The molecule has 0 amide bonds. The molecule has 2 N–H and O–H groups in total. The summed E-state index contributed by atoms with van der Waals surface area (Å²) in [6, 6.07) is 7.27. The summed E-state index contributed by atoms with van der Waals surface area (Å²) in [5.74, 6) is 1.30. The highest BCUT2D eigenvalue weighted by Gasteiger charge is 2.06. The standard InChI is InChI=1S/C12H11ClN4S3/c1-2-7-19-12-16-10(17-20-12)15-11(18)14-9-5-3-8(13)4-6-9/h2-6H,1,7H2,(H2,14,15,17,18). The van der Waals surface area contributed by atoms with Gasteiger partial charge in [0.2, 0.25) is 5.95 Å². The van der Waals surface area contributed by atoms with Crippen molar-refractivity contribution in [2.45, 2.75) is 4.34 Å². The molecule has 2 aromatic rings. The van der Waals surface area contributed by atoms with E-state index in [-0.39, 0.29) is 0 Å². The van der Waals surface area contributed by atoms with E-state index in [2.05, 4.69) is 26.6 Å².